The van der Waals surface area contributed by atoms with E-state index in [4.69, 9.17) is 9.47 Å². The zero-order valence-corrected chi connectivity index (χ0v) is 13.4. The van der Waals surface area contributed by atoms with E-state index in [0.717, 1.165) is 74.9 Å². The lowest BCUT2D eigenvalue weighted by atomic mass is 10.1. The highest BCUT2D eigenvalue weighted by Gasteiger charge is 2.19. The largest absolute Gasteiger partial charge is 0.474 e. The van der Waals surface area contributed by atoms with E-state index in [9.17, 15) is 0 Å². The van der Waals surface area contributed by atoms with Crippen LogP contribution in [0.1, 0.15) is 50.9 Å². The summed E-state index contributed by atoms with van der Waals surface area (Å²) in [5, 5.41) is 3.38. The Balaban J connectivity index is 2.17. The average molecular weight is 293 g/mol. The van der Waals surface area contributed by atoms with E-state index in [1.54, 1.807) is 0 Å². The van der Waals surface area contributed by atoms with Crippen LogP contribution in [0.5, 0.6) is 5.88 Å². The summed E-state index contributed by atoms with van der Waals surface area (Å²) in [5.74, 6) is 2.51. The van der Waals surface area contributed by atoms with Crippen LogP contribution in [0.3, 0.4) is 0 Å². The van der Waals surface area contributed by atoms with Crippen LogP contribution in [0.4, 0.5) is 5.82 Å². The van der Waals surface area contributed by atoms with Crippen LogP contribution in [0.2, 0.25) is 0 Å². The second-order valence-corrected chi connectivity index (χ2v) is 5.52. The molecule has 1 aromatic rings. The van der Waals surface area contributed by atoms with Gasteiger partial charge in [-0.1, -0.05) is 13.8 Å². The van der Waals surface area contributed by atoms with E-state index in [1.165, 1.54) is 0 Å². The van der Waals surface area contributed by atoms with Gasteiger partial charge in [0.05, 0.1) is 18.8 Å². The summed E-state index contributed by atoms with van der Waals surface area (Å²) in [6.07, 6.45) is 5.07. The quantitative estimate of drug-likeness (QED) is 0.837. The molecule has 5 heteroatoms. The first-order valence-electron chi connectivity index (χ1n) is 8.10. The van der Waals surface area contributed by atoms with Gasteiger partial charge >= 0.3 is 0 Å². The van der Waals surface area contributed by atoms with E-state index in [0.29, 0.717) is 0 Å². The second kappa shape index (κ2) is 8.17. The van der Waals surface area contributed by atoms with Crippen molar-refractivity contribution in [3.63, 3.8) is 0 Å². The molecule has 1 fully saturated rings. The van der Waals surface area contributed by atoms with Crippen LogP contribution >= 0.6 is 0 Å². The van der Waals surface area contributed by atoms with Gasteiger partial charge in [0.25, 0.3) is 0 Å². The molecule has 1 aliphatic heterocycles. The Morgan fingerprint density at radius 3 is 2.62 bits per heavy atom. The van der Waals surface area contributed by atoms with E-state index < -0.39 is 0 Å². The number of rotatable bonds is 7. The van der Waals surface area contributed by atoms with Gasteiger partial charge in [-0.05, 0) is 19.8 Å². The molecule has 118 valence electrons. The van der Waals surface area contributed by atoms with E-state index in [1.807, 2.05) is 6.92 Å². The molecule has 0 aliphatic carbocycles. The van der Waals surface area contributed by atoms with Crippen molar-refractivity contribution < 1.29 is 9.47 Å². The van der Waals surface area contributed by atoms with Gasteiger partial charge in [-0.25, -0.2) is 4.98 Å². The van der Waals surface area contributed by atoms with E-state index >= 15 is 0 Å². The van der Waals surface area contributed by atoms with E-state index in [-0.39, 0.29) is 6.10 Å². The lowest BCUT2D eigenvalue weighted by Crippen LogP contribution is -2.27. The van der Waals surface area contributed by atoms with Crippen molar-refractivity contribution in [3.8, 4) is 5.88 Å². The Bertz CT molecular complexity index is 445. The predicted molar refractivity (Wildman–Crippen MR) is 84.0 cm³/mol. The van der Waals surface area contributed by atoms with Gasteiger partial charge in [-0.15, -0.1) is 0 Å². The smallest absolute Gasteiger partial charge is 0.222 e. The Morgan fingerprint density at radius 1 is 1.19 bits per heavy atom. The Labute approximate surface area is 127 Å². The standard InChI is InChI=1S/C16H27N3O2/c1-4-6-14-18-15(17-9-5-2)12(3)16(19-14)21-13-7-10-20-11-8-13/h13H,4-11H2,1-3H3,(H,17,18,19). The summed E-state index contributed by atoms with van der Waals surface area (Å²) in [7, 11) is 0. The molecule has 1 aromatic heterocycles. The zero-order valence-electron chi connectivity index (χ0n) is 13.4. The van der Waals surface area contributed by atoms with Crippen LogP contribution in [0.15, 0.2) is 0 Å². The molecule has 0 saturated carbocycles. The lowest BCUT2D eigenvalue weighted by Gasteiger charge is -2.24. The molecule has 0 aromatic carbocycles. The molecule has 1 N–H and O–H groups in total. The summed E-state index contributed by atoms with van der Waals surface area (Å²) < 4.78 is 11.5. The molecule has 2 rings (SSSR count). The minimum Gasteiger partial charge on any atom is -0.474 e. The van der Waals surface area contributed by atoms with Gasteiger partial charge < -0.3 is 14.8 Å². The summed E-state index contributed by atoms with van der Waals surface area (Å²) >= 11 is 0. The van der Waals surface area contributed by atoms with Crippen molar-refractivity contribution >= 4 is 5.82 Å². The van der Waals surface area contributed by atoms with Crippen LogP contribution in [0.25, 0.3) is 0 Å². The molecule has 0 atom stereocenters. The Kier molecular flexibility index (Phi) is 6.23. The molecule has 0 amide bonds. The molecule has 0 bridgehead atoms. The highest BCUT2D eigenvalue weighted by Crippen LogP contribution is 2.25. The summed E-state index contributed by atoms with van der Waals surface area (Å²) in [6, 6.07) is 0. The van der Waals surface area contributed by atoms with Crippen molar-refractivity contribution in [3.05, 3.63) is 11.4 Å². The topological polar surface area (TPSA) is 56.3 Å². The minimum absolute atomic E-state index is 0.209. The van der Waals surface area contributed by atoms with E-state index in [2.05, 4.69) is 29.1 Å². The molecular formula is C16H27N3O2. The van der Waals surface area contributed by atoms with Crippen molar-refractivity contribution in [1.29, 1.82) is 0 Å². The maximum atomic E-state index is 6.12. The molecule has 1 saturated heterocycles. The fourth-order valence-corrected chi connectivity index (χ4v) is 2.36. The third-order valence-electron chi connectivity index (χ3n) is 3.61. The van der Waals surface area contributed by atoms with Gasteiger partial charge in [0, 0.05) is 25.8 Å². The number of aryl methyl sites for hydroxylation is 1. The minimum atomic E-state index is 0.209. The molecule has 0 spiro atoms. The third-order valence-corrected chi connectivity index (χ3v) is 3.61. The molecule has 2 heterocycles. The maximum absolute atomic E-state index is 6.12. The van der Waals surface area contributed by atoms with Gasteiger partial charge in [0.15, 0.2) is 0 Å². The number of hydrogen-bond acceptors (Lipinski definition) is 5. The summed E-state index contributed by atoms with van der Waals surface area (Å²) in [4.78, 5) is 9.24. The average Bonchev–Trinajstić information content (AvgIpc) is 2.50. The van der Waals surface area contributed by atoms with Crippen LogP contribution in [0, 0.1) is 6.92 Å². The number of aromatic nitrogens is 2. The zero-order chi connectivity index (χ0) is 15.1. The Hall–Kier alpha value is -1.36. The second-order valence-electron chi connectivity index (χ2n) is 5.52. The fourth-order valence-electron chi connectivity index (χ4n) is 2.36. The van der Waals surface area contributed by atoms with Gasteiger partial charge in [-0.2, -0.15) is 4.98 Å². The fraction of sp³-hybridized carbons (Fsp3) is 0.750. The van der Waals surface area contributed by atoms with Gasteiger partial charge in [0.2, 0.25) is 5.88 Å². The number of nitrogens with zero attached hydrogens (tertiary/aromatic N) is 2. The van der Waals surface area contributed by atoms with Crippen LogP contribution in [-0.2, 0) is 11.2 Å². The SMILES string of the molecule is CCCNc1nc(CCC)nc(OC2CCOCC2)c1C. The van der Waals surface area contributed by atoms with Crippen LogP contribution in [-0.4, -0.2) is 35.8 Å². The predicted octanol–water partition coefficient (Wildman–Crippen LogP) is 3.12. The van der Waals surface area contributed by atoms with Crippen molar-refractivity contribution in [2.24, 2.45) is 0 Å². The first-order valence-corrected chi connectivity index (χ1v) is 8.10. The molecular weight excluding hydrogens is 266 g/mol. The number of hydrogen-bond donors (Lipinski definition) is 1. The highest BCUT2D eigenvalue weighted by molar-refractivity contribution is 5.48. The van der Waals surface area contributed by atoms with Crippen molar-refractivity contribution in [2.45, 2.75) is 59.0 Å². The number of ether oxygens (including phenoxy) is 2. The number of nitrogens with one attached hydrogen (secondary N) is 1. The van der Waals surface area contributed by atoms with Crippen molar-refractivity contribution in [2.75, 3.05) is 25.1 Å². The van der Waals surface area contributed by atoms with Gasteiger partial charge in [0.1, 0.15) is 17.7 Å². The normalized spacial score (nSPS) is 16.0. The molecule has 5 nitrogen and oxygen atoms in total. The molecule has 1 aliphatic rings. The molecule has 0 radical (unpaired) electrons. The highest BCUT2D eigenvalue weighted by atomic mass is 16.5. The van der Waals surface area contributed by atoms with Gasteiger partial charge in [-0.3, -0.25) is 0 Å². The maximum Gasteiger partial charge on any atom is 0.222 e. The lowest BCUT2D eigenvalue weighted by molar-refractivity contribution is 0.0233. The summed E-state index contributed by atoms with van der Waals surface area (Å²) in [5.41, 5.74) is 1.01. The first-order chi connectivity index (χ1) is 10.2. The molecule has 0 unspecified atom stereocenters. The summed E-state index contributed by atoms with van der Waals surface area (Å²) in [6.45, 7) is 8.79. The molecule has 21 heavy (non-hydrogen) atoms. The Morgan fingerprint density at radius 2 is 1.95 bits per heavy atom. The third kappa shape index (κ3) is 4.56. The van der Waals surface area contributed by atoms with Crippen LogP contribution < -0.4 is 10.1 Å². The van der Waals surface area contributed by atoms with Crippen molar-refractivity contribution in [1.82, 2.24) is 9.97 Å². The first kappa shape index (κ1) is 16.0. The monoisotopic (exact) mass is 293 g/mol. The number of anilines is 1.